The molecule has 1 fully saturated rings. The molecule has 0 saturated carbocycles. The third-order valence-electron chi connectivity index (χ3n) is 9.06. The monoisotopic (exact) mass is 758 g/mol. The lowest BCUT2D eigenvalue weighted by Crippen LogP contribution is -2.48. The summed E-state index contributed by atoms with van der Waals surface area (Å²) in [7, 11) is -2.57. The van der Waals surface area contributed by atoms with Crippen LogP contribution in [0.4, 0.5) is 22.0 Å². The summed E-state index contributed by atoms with van der Waals surface area (Å²) in [6, 6.07) is 11.3. The molecular weight excluding hydrogens is 710 g/mol. The Hall–Kier alpha value is -4.52. The van der Waals surface area contributed by atoms with E-state index in [1.165, 1.54) is 24.0 Å². The molecule has 1 amide bonds. The number of fused-ring (bicyclic) bond motifs is 1. The van der Waals surface area contributed by atoms with E-state index in [0.717, 1.165) is 34.9 Å². The van der Waals surface area contributed by atoms with Crippen LogP contribution in [-0.4, -0.2) is 59.6 Å². The largest absolute Gasteiger partial charge is 0.416 e. The normalized spacial score (nSPS) is 17.1. The molecule has 12 heteroatoms. The fraction of sp³-hybridized carbons (Fsp3) is 0.317. The summed E-state index contributed by atoms with van der Waals surface area (Å²) in [5, 5.41) is -1.04. The number of pyridine rings is 1. The van der Waals surface area contributed by atoms with Gasteiger partial charge in [0.15, 0.2) is 17.1 Å². The maximum Gasteiger partial charge on any atom is 0.416 e. The van der Waals surface area contributed by atoms with E-state index in [4.69, 9.17) is 17.1 Å². The summed E-state index contributed by atoms with van der Waals surface area (Å²) in [5.41, 5.74) is -4.21. The van der Waals surface area contributed by atoms with Crippen molar-refractivity contribution in [1.29, 1.82) is 0 Å². The van der Waals surface area contributed by atoms with E-state index >= 15 is 4.39 Å². The lowest BCUT2D eigenvalue weighted by Gasteiger charge is -2.39. The van der Waals surface area contributed by atoms with E-state index < -0.39 is 100 Å². The smallest absolute Gasteiger partial charge is 0.383 e. The number of likely N-dealkylation sites (tertiary alicyclic amines) is 1. The second-order valence-electron chi connectivity index (χ2n) is 12.6. The topological polar surface area (TPSA) is 54.8 Å². The summed E-state index contributed by atoms with van der Waals surface area (Å²) < 4.78 is 149. The van der Waals surface area contributed by atoms with Crippen LogP contribution in [0.3, 0.4) is 0 Å². The molecule has 0 spiro atoms. The number of piperidine rings is 1. The van der Waals surface area contributed by atoms with Crippen molar-refractivity contribution in [2.24, 2.45) is 0 Å². The summed E-state index contributed by atoms with van der Waals surface area (Å²) in [6.45, 7) is 1.68. The first-order valence-corrected chi connectivity index (χ1v) is 17.5. The van der Waals surface area contributed by atoms with Crippen molar-refractivity contribution in [3.8, 4) is 11.1 Å². The van der Waals surface area contributed by atoms with Gasteiger partial charge in [0, 0.05) is 64.7 Å². The second-order valence-corrected chi connectivity index (χ2v) is 13.4. The van der Waals surface area contributed by atoms with Crippen LogP contribution in [0.5, 0.6) is 0 Å². The third kappa shape index (κ3) is 9.17. The van der Waals surface area contributed by atoms with Crippen molar-refractivity contribution in [1.82, 2.24) is 14.4 Å². The minimum Gasteiger partial charge on any atom is -0.383 e. The maximum absolute atomic E-state index is 15.0. The van der Waals surface area contributed by atoms with Crippen molar-refractivity contribution < 1.29 is 43.8 Å². The Kier molecular flexibility index (Phi) is 8.80. The number of nitrogens with zero attached hydrogens (tertiary/aromatic N) is 3. The molecule has 0 aliphatic carbocycles. The molecule has 0 unspecified atom stereocenters. The minimum absolute atomic E-state index is 0.0318. The van der Waals surface area contributed by atoms with Gasteiger partial charge in [0.1, 0.15) is 6.54 Å². The number of carbonyl (C=O) groups is 1. The van der Waals surface area contributed by atoms with Crippen LogP contribution in [0, 0.1) is 18.6 Å². The molecule has 0 N–H and O–H groups in total. The van der Waals surface area contributed by atoms with Crippen LogP contribution >= 0.6 is 11.8 Å². The molecule has 1 saturated heterocycles. The second kappa shape index (κ2) is 16.7. The van der Waals surface area contributed by atoms with Crippen molar-refractivity contribution in [3.05, 3.63) is 135 Å². The average molecular weight is 759 g/mol. The number of benzene rings is 4. The van der Waals surface area contributed by atoms with Crippen LogP contribution in [0.2, 0.25) is 0 Å². The predicted molar refractivity (Wildman–Crippen MR) is 198 cm³/mol. The standard InChI is InChI=1S/C41H40F5N3O3S/c1-27-6-15-34-36(22-27)49(39(23-37(34)50)53-26-31-4-3-5-35(42)40(31)43)25-38(51)48(33-16-18-47(19-17-33)20-21-52-2)24-28-7-9-29(10-8-28)30-11-13-32(14-12-30)41(44,45)46/h3-15,22-23,33H,16-21,24-26H2,1-2H3/i2D3,6D,15D,22D,23D,26D2. The summed E-state index contributed by atoms with van der Waals surface area (Å²) in [4.78, 5) is 32.2. The van der Waals surface area contributed by atoms with Gasteiger partial charge < -0.3 is 19.1 Å². The van der Waals surface area contributed by atoms with Gasteiger partial charge in [0.2, 0.25) is 5.91 Å². The number of amides is 1. The molecule has 2 heterocycles. The number of hydrogen-bond donors (Lipinski definition) is 0. The van der Waals surface area contributed by atoms with Crippen molar-refractivity contribution in [2.75, 3.05) is 33.3 Å². The molecule has 0 atom stereocenters. The molecule has 6 nitrogen and oxygen atoms in total. The van der Waals surface area contributed by atoms with E-state index in [0.29, 0.717) is 49.2 Å². The summed E-state index contributed by atoms with van der Waals surface area (Å²) in [6.07, 6.45) is -3.73. The number of methoxy groups -OCH3 is 1. The fourth-order valence-electron chi connectivity index (χ4n) is 6.23. The highest BCUT2D eigenvalue weighted by Gasteiger charge is 2.31. The number of carbonyl (C=O) groups excluding carboxylic acids is 1. The zero-order valence-corrected chi connectivity index (χ0v) is 29.3. The first-order chi connectivity index (χ1) is 29.0. The van der Waals surface area contributed by atoms with E-state index in [9.17, 15) is 27.2 Å². The van der Waals surface area contributed by atoms with E-state index in [-0.39, 0.29) is 36.0 Å². The van der Waals surface area contributed by atoms with Gasteiger partial charge in [-0.3, -0.25) is 9.59 Å². The zero-order chi connectivity index (χ0) is 45.5. The van der Waals surface area contributed by atoms with Crippen molar-refractivity contribution in [2.45, 2.75) is 55.8 Å². The van der Waals surface area contributed by atoms with Gasteiger partial charge in [0.05, 0.1) is 32.3 Å². The number of alkyl halides is 3. The molecule has 5 aromatic rings. The van der Waals surface area contributed by atoms with Crippen LogP contribution in [0.1, 0.15) is 47.4 Å². The van der Waals surface area contributed by atoms with Gasteiger partial charge in [0.25, 0.3) is 0 Å². The SMILES string of the molecule is [2H]c1c(C)c([2H])c2c(c1[2H])c(=O)c([2H])c(SC([2H])([2H])c1cccc(F)c1F)n2CC(=O)N(Cc1ccc(-c2ccc(C(F)(F)F)cc2)cc1)C1CCN(CCOC([2H])([2H])[2H])CC1. The van der Waals surface area contributed by atoms with Gasteiger partial charge in [-0.2, -0.15) is 13.2 Å². The Labute approximate surface area is 321 Å². The number of rotatable bonds is 12. The van der Waals surface area contributed by atoms with Crippen LogP contribution in [0.15, 0.2) is 101 Å². The molecule has 1 aliphatic rings. The molecule has 1 aliphatic heterocycles. The highest BCUT2D eigenvalue weighted by Crippen LogP contribution is 2.32. The first kappa shape index (κ1) is 28.0. The van der Waals surface area contributed by atoms with Crippen LogP contribution in [-0.2, 0) is 34.5 Å². The minimum atomic E-state index is -4.51. The number of hydrogen-bond acceptors (Lipinski definition) is 5. The molecule has 4 aromatic carbocycles. The number of aromatic nitrogens is 1. The van der Waals surface area contributed by atoms with Crippen LogP contribution in [0.25, 0.3) is 22.0 Å². The molecule has 278 valence electrons. The Bertz CT molecular complexity index is 2530. The number of halogens is 5. The van der Waals surface area contributed by atoms with E-state index in [1.807, 2.05) is 4.90 Å². The lowest BCUT2D eigenvalue weighted by molar-refractivity contribution is -0.137. The van der Waals surface area contributed by atoms with Gasteiger partial charge in [-0.1, -0.05) is 54.6 Å². The lowest BCUT2D eigenvalue weighted by atomic mass is 10.00. The molecule has 6 rings (SSSR count). The van der Waals surface area contributed by atoms with E-state index in [1.54, 1.807) is 24.3 Å². The molecule has 0 bridgehead atoms. The molecule has 0 radical (unpaired) electrons. The predicted octanol–water partition coefficient (Wildman–Crippen LogP) is 8.71. The molecular formula is C41H40F5N3O3S. The number of thioether (sulfide) groups is 1. The fourth-order valence-corrected chi connectivity index (χ4v) is 7.00. The van der Waals surface area contributed by atoms with Crippen molar-refractivity contribution >= 4 is 28.6 Å². The van der Waals surface area contributed by atoms with Gasteiger partial charge in [-0.15, -0.1) is 11.8 Å². The third-order valence-corrected chi connectivity index (χ3v) is 9.90. The Morgan fingerprint density at radius 3 is 2.40 bits per heavy atom. The maximum atomic E-state index is 15.0. The first-order valence-electron chi connectivity index (χ1n) is 21.2. The highest BCUT2D eigenvalue weighted by atomic mass is 32.2. The van der Waals surface area contributed by atoms with Crippen molar-refractivity contribution in [3.63, 3.8) is 0 Å². The Balaban J connectivity index is 1.41. The van der Waals surface area contributed by atoms with Gasteiger partial charge in [-0.25, -0.2) is 8.78 Å². The zero-order valence-electron chi connectivity index (χ0n) is 37.4. The molecule has 53 heavy (non-hydrogen) atoms. The Morgan fingerprint density at radius 2 is 1.72 bits per heavy atom. The van der Waals surface area contributed by atoms with E-state index in [2.05, 4.69) is 0 Å². The Morgan fingerprint density at radius 1 is 1.02 bits per heavy atom. The summed E-state index contributed by atoms with van der Waals surface area (Å²) >= 11 is 0.152. The number of ether oxygens (including phenoxy) is 1. The van der Waals surface area contributed by atoms with Gasteiger partial charge >= 0.3 is 6.18 Å². The highest BCUT2D eigenvalue weighted by molar-refractivity contribution is 7.98. The molecule has 1 aromatic heterocycles. The average Bonchev–Trinajstić information content (AvgIpc) is 3.21. The van der Waals surface area contributed by atoms with Crippen LogP contribution < -0.4 is 5.43 Å². The van der Waals surface area contributed by atoms with Gasteiger partial charge in [-0.05, 0) is 72.3 Å². The quantitative estimate of drug-likeness (QED) is 0.0942. The summed E-state index contributed by atoms with van der Waals surface area (Å²) in [5.74, 6) is -3.50.